The van der Waals surface area contributed by atoms with Crippen molar-refractivity contribution in [3.63, 3.8) is 0 Å². The highest BCUT2D eigenvalue weighted by Gasteiger charge is 2.26. The lowest BCUT2D eigenvalue weighted by molar-refractivity contribution is -0.147. The van der Waals surface area contributed by atoms with Crippen molar-refractivity contribution in [2.75, 3.05) is 6.54 Å². The lowest BCUT2D eigenvalue weighted by Crippen LogP contribution is -2.36. The van der Waals surface area contributed by atoms with Crippen molar-refractivity contribution in [3.8, 4) is 0 Å². The zero-order valence-electron chi connectivity index (χ0n) is 17.2. The summed E-state index contributed by atoms with van der Waals surface area (Å²) in [6, 6.07) is 23.4. The van der Waals surface area contributed by atoms with Gasteiger partial charge in [0, 0.05) is 6.54 Å². The van der Waals surface area contributed by atoms with Crippen LogP contribution in [0, 0.1) is 6.92 Å². The minimum absolute atomic E-state index is 0.0666. The van der Waals surface area contributed by atoms with E-state index >= 15 is 0 Å². The van der Waals surface area contributed by atoms with Gasteiger partial charge in [0.05, 0.1) is 4.90 Å². The molecule has 1 aliphatic heterocycles. The maximum absolute atomic E-state index is 12.2. The molecule has 1 atom stereocenters. The van der Waals surface area contributed by atoms with Crippen molar-refractivity contribution in [2.45, 2.75) is 30.9 Å². The van der Waals surface area contributed by atoms with Crippen LogP contribution in [-0.4, -0.2) is 25.5 Å². The van der Waals surface area contributed by atoms with E-state index < -0.39 is 10.1 Å². The molecule has 0 aromatic heterocycles. The van der Waals surface area contributed by atoms with Gasteiger partial charge in [0.25, 0.3) is 10.1 Å². The third-order valence-corrected chi connectivity index (χ3v) is 5.76. The van der Waals surface area contributed by atoms with Gasteiger partial charge in [-0.1, -0.05) is 72.3 Å². The van der Waals surface area contributed by atoms with Crippen molar-refractivity contribution in [3.05, 3.63) is 101 Å². The molecule has 0 spiro atoms. The first-order chi connectivity index (χ1) is 14.8. The molecule has 0 radical (unpaired) electrons. The third kappa shape index (κ3) is 6.49. The van der Waals surface area contributed by atoms with Crippen LogP contribution in [0.4, 0.5) is 0 Å². The van der Waals surface area contributed by atoms with Gasteiger partial charge in [0.2, 0.25) is 0 Å². The summed E-state index contributed by atoms with van der Waals surface area (Å²) in [5, 5.41) is 3.24. The standard InChI is InChI=1S/C17H17NO2.C7H8O3S/c19-17(20-12-13-6-2-1-3-7-13)16-15-9-5-4-8-14(15)10-11-18-16;1-6-2-4-7(5-3-6)11(8,9)10/h1-9,16,18H,10-12H2;2-5H,1H3,(H,8,9,10). The summed E-state index contributed by atoms with van der Waals surface area (Å²) in [6.45, 7) is 2.97. The van der Waals surface area contributed by atoms with E-state index in [2.05, 4.69) is 11.4 Å². The van der Waals surface area contributed by atoms with Crippen LogP contribution in [-0.2, 0) is 32.7 Å². The van der Waals surface area contributed by atoms with Gasteiger partial charge in [0.15, 0.2) is 0 Å². The average molecular weight is 440 g/mol. The zero-order valence-corrected chi connectivity index (χ0v) is 18.0. The fourth-order valence-electron chi connectivity index (χ4n) is 3.24. The minimum Gasteiger partial charge on any atom is -0.459 e. The van der Waals surface area contributed by atoms with Crippen molar-refractivity contribution < 1.29 is 22.5 Å². The molecular formula is C24H25NO5S. The van der Waals surface area contributed by atoms with Crippen LogP contribution in [0.1, 0.15) is 28.3 Å². The maximum Gasteiger partial charge on any atom is 0.328 e. The molecule has 0 aliphatic carbocycles. The molecule has 0 fully saturated rings. The molecule has 1 unspecified atom stereocenters. The Morgan fingerprint density at radius 2 is 1.65 bits per heavy atom. The predicted molar refractivity (Wildman–Crippen MR) is 118 cm³/mol. The summed E-state index contributed by atoms with van der Waals surface area (Å²) in [7, 11) is -4.02. The number of hydrogen-bond acceptors (Lipinski definition) is 5. The molecule has 0 saturated carbocycles. The number of carbonyl (C=O) groups excluding carboxylic acids is 1. The van der Waals surface area contributed by atoms with Gasteiger partial charge in [-0.2, -0.15) is 8.42 Å². The van der Waals surface area contributed by atoms with Crippen molar-refractivity contribution in [2.24, 2.45) is 0 Å². The normalized spacial score (nSPS) is 15.2. The van der Waals surface area contributed by atoms with Gasteiger partial charge in [-0.25, -0.2) is 4.79 Å². The summed E-state index contributed by atoms with van der Waals surface area (Å²) in [5.41, 5.74) is 4.23. The molecule has 0 amide bonds. The highest BCUT2D eigenvalue weighted by Crippen LogP contribution is 2.24. The zero-order chi connectivity index (χ0) is 22.3. The quantitative estimate of drug-likeness (QED) is 0.474. The molecule has 3 aromatic rings. The number of rotatable bonds is 4. The molecule has 0 saturated heterocycles. The van der Waals surface area contributed by atoms with Gasteiger partial charge in [-0.05, 0) is 42.2 Å². The first-order valence-corrected chi connectivity index (χ1v) is 11.3. The number of carbonyl (C=O) groups is 1. The number of nitrogens with one attached hydrogen (secondary N) is 1. The van der Waals surface area contributed by atoms with E-state index in [4.69, 9.17) is 9.29 Å². The van der Waals surface area contributed by atoms with Crippen LogP contribution in [0.5, 0.6) is 0 Å². The molecule has 6 nitrogen and oxygen atoms in total. The fourth-order valence-corrected chi connectivity index (χ4v) is 3.72. The summed E-state index contributed by atoms with van der Waals surface area (Å²) >= 11 is 0. The number of aryl methyl sites for hydroxylation is 1. The SMILES string of the molecule is Cc1ccc(S(=O)(=O)O)cc1.O=C(OCc1ccccc1)C1NCCc2ccccc21. The van der Waals surface area contributed by atoms with E-state index in [1.807, 2.05) is 55.5 Å². The molecule has 162 valence electrons. The molecule has 0 bridgehead atoms. The number of ether oxygens (including phenoxy) is 1. The number of esters is 1. The van der Waals surface area contributed by atoms with E-state index in [1.165, 1.54) is 17.7 Å². The molecule has 7 heteroatoms. The molecule has 1 heterocycles. The predicted octanol–water partition coefficient (Wildman–Crippen LogP) is 3.86. The summed E-state index contributed by atoms with van der Waals surface area (Å²) < 4.78 is 35.0. The van der Waals surface area contributed by atoms with Crippen molar-refractivity contribution >= 4 is 16.1 Å². The van der Waals surface area contributed by atoms with Gasteiger partial charge in [0.1, 0.15) is 12.6 Å². The Kier molecular flexibility index (Phi) is 7.57. The topological polar surface area (TPSA) is 92.7 Å². The van der Waals surface area contributed by atoms with Crippen LogP contribution >= 0.6 is 0 Å². The Morgan fingerprint density at radius 1 is 1.00 bits per heavy atom. The van der Waals surface area contributed by atoms with E-state index in [9.17, 15) is 13.2 Å². The van der Waals surface area contributed by atoms with E-state index in [-0.39, 0.29) is 16.9 Å². The summed E-state index contributed by atoms with van der Waals surface area (Å²) in [6.07, 6.45) is 0.957. The Bertz CT molecular complexity index is 1110. The Labute approximate surface area is 182 Å². The Hall–Kier alpha value is -3.00. The van der Waals surface area contributed by atoms with Crippen LogP contribution < -0.4 is 5.32 Å². The second-order valence-corrected chi connectivity index (χ2v) is 8.64. The highest BCUT2D eigenvalue weighted by molar-refractivity contribution is 7.85. The lowest BCUT2D eigenvalue weighted by atomic mass is 9.94. The minimum atomic E-state index is -4.02. The molecule has 31 heavy (non-hydrogen) atoms. The number of hydrogen-bond donors (Lipinski definition) is 2. The van der Waals surface area contributed by atoms with Crippen LogP contribution in [0.25, 0.3) is 0 Å². The van der Waals surface area contributed by atoms with Crippen LogP contribution in [0.3, 0.4) is 0 Å². The molecular weight excluding hydrogens is 414 g/mol. The van der Waals surface area contributed by atoms with Crippen LogP contribution in [0.2, 0.25) is 0 Å². The Balaban J connectivity index is 0.000000210. The smallest absolute Gasteiger partial charge is 0.328 e. The molecule has 4 rings (SSSR count). The first kappa shape index (κ1) is 22.7. The summed E-state index contributed by atoms with van der Waals surface area (Å²) in [5.74, 6) is -0.207. The van der Waals surface area contributed by atoms with E-state index in [0.29, 0.717) is 6.61 Å². The van der Waals surface area contributed by atoms with Gasteiger partial charge in [-0.3, -0.25) is 4.55 Å². The highest BCUT2D eigenvalue weighted by atomic mass is 32.2. The molecule has 3 aromatic carbocycles. The average Bonchev–Trinajstić information content (AvgIpc) is 2.78. The van der Waals surface area contributed by atoms with Gasteiger partial charge < -0.3 is 10.1 Å². The van der Waals surface area contributed by atoms with E-state index in [0.717, 1.165) is 29.7 Å². The molecule has 1 aliphatic rings. The number of benzene rings is 3. The van der Waals surface area contributed by atoms with Gasteiger partial charge >= 0.3 is 5.97 Å². The van der Waals surface area contributed by atoms with Gasteiger partial charge in [-0.15, -0.1) is 0 Å². The third-order valence-electron chi connectivity index (χ3n) is 4.89. The largest absolute Gasteiger partial charge is 0.459 e. The Morgan fingerprint density at radius 3 is 2.32 bits per heavy atom. The fraction of sp³-hybridized carbons (Fsp3) is 0.208. The van der Waals surface area contributed by atoms with Crippen molar-refractivity contribution in [1.29, 1.82) is 0 Å². The second-order valence-electron chi connectivity index (χ2n) is 7.22. The van der Waals surface area contributed by atoms with Crippen LogP contribution in [0.15, 0.2) is 83.8 Å². The van der Waals surface area contributed by atoms with E-state index in [1.54, 1.807) is 12.1 Å². The second kappa shape index (κ2) is 10.3. The monoisotopic (exact) mass is 439 g/mol. The lowest BCUT2D eigenvalue weighted by Gasteiger charge is -2.25. The number of fused-ring (bicyclic) bond motifs is 1. The summed E-state index contributed by atoms with van der Waals surface area (Å²) in [4.78, 5) is 12.2. The van der Waals surface area contributed by atoms with Crippen molar-refractivity contribution in [1.82, 2.24) is 5.32 Å². The maximum atomic E-state index is 12.2. The molecule has 2 N–H and O–H groups in total. The first-order valence-electron chi connectivity index (χ1n) is 9.90.